The smallest absolute Gasteiger partial charge is 0.275 e. The second kappa shape index (κ2) is 10.3. The first-order valence-corrected chi connectivity index (χ1v) is 9.97. The quantitative estimate of drug-likeness (QED) is 0.636. The number of hydrogen-bond donors (Lipinski definition) is 3. The standard InChI is InChI=1S/C22H26ClN3O/c23-21-10-8-20(9-11-21)17-24-22(27)18-26-15-13-25(14-16-26)12-4-7-19-5-2-1-3-6-19/h1-11H,12-18H2,(H,24,27)/p+2/b7-4+. The average molecular weight is 386 g/mol. The van der Waals surface area contributed by atoms with Crippen molar-refractivity contribution in [3.63, 3.8) is 0 Å². The number of rotatable bonds is 7. The molecule has 0 aromatic heterocycles. The van der Waals surface area contributed by atoms with E-state index in [1.807, 2.05) is 30.3 Å². The molecule has 2 aromatic rings. The summed E-state index contributed by atoms with van der Waals surface area (Å²) in [6, 6.07) is 18.0. The molecule has 3 N–H and O–H groups in total. The molecule has 1 saturated heterocycles. The van der Waals surface area contributed by atoms with E-state index >= 15 is 0 Å². The van der Waals surface area contributed by atoms with Crippen LogP contribution >= 0.6 is 11.6 Å². The summed E-state index contributed by atoms with van der Waals surface area (Å²) in [5, 5.41) is 3.72. The van der Waals surface area contributed by atoms with Gasteiger partial charge in [0.1, 0.15) is 26.2 Å². The summed E-state index contributed by atoms with van der Waals surface area (Å²) < 4.78 is 0. The molecule has 1 amide bonds. The van der Waals surface area contributed by atoms with Gasteiger partial charge in [-0.2, -0.15) is 0 Å². The molecule has 0 unspecified atom stereocenters. The van der Waals surface area contributed by atoms with Crippen LogP contribution in [-0.4, -0.2) is 45.2 Å². The number of carbonyl (C=O) groups excluding carboxylic acids is 1. The summed E-state index contributed by atoms with van der Waals surface area (Å²) in [5.41, 5.74) is 2.32. The van der Waals surface area contributed by atoms with Gasteiger partial charge in [-0.1, -0.05) is 60.1 Å². The van der Waals surface area contributed by atoms with Crippen molar-refractivity contribution in [3.05, 3.63) is 76.8 Å². The largest absolute Gasteiger partial charge is 0.347 e. The lowest BCUT2D eigenvalue weighted by atomic mass is 10.2. The molecule has 0 aliphatic carbocycles. The van der Waals surface area contributed by atoms with E-state index in [2.05, 4.69) is 41.7 Å². The van der Waals surface area contributed by atoms with E-state index in [1.165, 1.54) is 10.5 Å². The molecule has 1 fully saturated rings. The Hall–Kier alpha value is -2.14. The molecule has 1 heterocycles. The lowest BCUT2D eigenvalue weighted by Gasteiger charge is -2.28. The van der Waals surface area contributed by atoms with Gasteiger partial charge < -0.3 is 15.1 Å². The number of nitrogens with one attached hydrogen (secondary N) is 3. The number of amides is 1. The molecule has 0 radical (unpaired) electrons. The van der Waals surface area contributed by atoms with Crippen LogP contribution in [0.15, 0.2) is 60.7 Å². The summed E-state index contributed by atoms with van der Waals surface area (Å²) in [5.74, 6) is 0.118. The molecule has 3 rings (SSSR count). The van der Waals surface area contributed by atoms with E-state index in [0.717, 1.165) is 38.3 Å². The Labute approximate surface area is 166 Å². The maximum Gasteiger partial charge on any atom is 0.275 e. The van der Waals surface area contributed by atoms with E-state index < -0.39 is 0 Å². The van der Waals surface area contributed by atoms with Crippen LogP contribution in [0.2, 0.25) is 5.02 Å². The third-order valence-electron chi connectivity index (χ3n) is 4.99. The molecule has 0 saturated carbocycles. The van der Waals surface area contributed by atoms with Crippen LogP contribution < -0.4 is 15.1 Å². The number of quaternary nitrogens is 2. The Balaban J connectivity index is 1.33. The lowest BCUT2D eigenvalue weighted by molar-refractivity contribution is -1.01. The summed E-state index contributed by atoms with van der Waals surface area (Å²) in [6.45, 7) is 6.47. The Bertz CT molecular complexity index is 738. The van der Waals surface area contributed by atoms with Crippen molar-refractivity contribution in [1.82, 2.24) is 5.32 Å². The van der Waals surface area contributed by atoms with E-state index in [0.29, 0.717) is 18.1 Å². The fraction of sp³-hybridized carbons (Fsp3) is 0.318. The first-order chi connectivity index (χ1) is 13.2. The van der Waals surface area contributed by atoms with E-state index in [-0.39, 0.29) is 5.91 Å². The maximum absolute atomic E-state index is 12.2. The van der Waals surface area contributed by atoms with Crippen molar-refractivity contribution in [1.29, 1.82) is 0 Å². The lowest BCUT2D eigenvalue weighted by Crippen LogP contribution is -3.28. The Kier molecular flexibility index (Phi) is 7.45. The van der Waals surface area contributed by atoms with Gasteiger partial charge in [-0.25, -0.2) is 0 Å². The SMILES string of the molecule is O=C(C[NH+]1CC[NH+](C/C=C/c2ccccc2)CC1)NCc1ccc(Cl)cc1. The first-order valence-electron chi connectivity index (χ1n) is 9.59. The number of benzene rings is 2. The van der Waals surface area contributed by atoms with Crippen molar-refractivity contribution >= 4 is 23.6 Å². The molecular weight excluding hydrogens is 358 g/mol. The molecule has 0 spiro atoms. The van der Waals surface area contributed by atoms with Crippen molar-refractivity contribution < 1.29 is 14.6 Å². The second-order valence-corrected chi connectivity index (χ2v) is 7.53. The molecule has 2 aromatic carbocycles. The number of halogens is 1. The Morgan fingerprint density at radius 1 is 0.963 bits per heavy atom. The monoisotopic (exact) mass is 385 g/mol. The maximum atomic E-state index is 12.2. The summed E-state index contributed by atoms with van der Waals surface area (Å²) >= 11 is 5.88. The molecular formula is C22H28ClN3O+2. The van der Waals surface area contributed by atoms with Gasteiger partial charge in [-0.05, 0) is 29.3 Å². The molecule has 142 valence electrons. The van der Waals surface area contributed by atoms with Crippen LogP contribution in [0.5, 0.6) is 0 Å². The molecule has 0 bridgehead atoms. The molecule has 27 heavy (non-hydrogen) atoms. The van der Waals surface area contributed by atoms with Crippen molar-refractivity contribution in [3.8, 4) is 0 Å². The van der Waals surface area contributed by atoms with Gasteiger partial charge in [-0.3, -0.25) is 4.79 Å². The molecule has 4 nitrogen and oxygen atoms in total. The van der Waals surface area contributed by atoms with Gasteiger partial charge in [-0.15, -0.1) is 0 Å². The highest BCUT2D eigenvalue weighted by Gasteiger charge is 2.23. The number of piperazine rings is 1. The summed E-state index contributed by atoms with van der Waals surface area (Å²) in [4.78, 5) is 15.2. The van der Waals surface area contributed by atoms with Crippen molar-refractivity contribution in [2.75, 3.05) is 39.3 Å². The zero-order chi connectivity index (χ0) is 18.9. The van der Waals surface area contributed by atoms with Gasteiger partial charge in [0.05, 0.1) is 6.54 Å². The van der Waals surface area contributed by atoms with Gasteiger partial charge >= 0.3 is 0 Å². The number of carbonyl (C=O) groups is 1. The molecule has 5 heteroatoms. The minimum atomic E-state index is 0.118. The molecule has 0 atom stereocenters. The van der Waals surface area contributed by atoms with Crippen LogP contribution in [0, 0.1) is 0 Å². The van der Waals surface area contributed by atoms with Crippen molar-refractivity contribution in [2.24, 2.45) is 0 Å². The number of hydrogen-bond acceptors (Lipinski definition) is 1. The Morgan fingerprint density at radius 2 is 1.63 bits per heavy atom. The summed E-state index contributed by atoms with van der Waals surface area (Å²) in [6.07, 6.45) is 4.45. The van der Waals surface area contributed by atoms with Crippen LogP contribution in [0.1, 0.15) is 11.1 Å². The van der Waals surface area contributed by atoms with Crippen LogP contribution in [0.3, 0.4) is 0 Å². The second-order valence-electron chi connectivity index (χ2n) is 7.10. The van der Waals surface area contributed by atoms with E-state index in [1.54, 1.807) is 4.90 Å². The van der Waals surface area contributed by atoms with Crippen LogP contribution in [0.4, 0.5) is 0 Å². The fourth-order valence-corrected chi connectivity index (χ4v) is 3.48. The Morgan fingerprint density at radius 3 is 2.33 bits per heavy atom. The highest BCUT2D eigenvalue weighted by Crippen LogP contribution is 2.08. The van der Waals surface area contributed by atoms with Crippen molar-refractivity contribution in [2.45, 2.75) is 6.54 Å². The van der Waals surface area contributed by atoms with Gasteiger partial charge in [0.2, 0.25) is 0 Å². The van der Waals surface area contributed by atoms with E-state index in [4.69, 9.17) is 11.6 Å². The summed E-state index contributed by atoms with van der Waals surface area (Å²) in [7, 11) is 0. The van der Waals surface area contributed by atoms with Gasteiger partial charge in [0.25, 0.3) is 5.91 Å². The minimum absolute atomic E-state index is 0.118. The topological polar surface area (TPSA) is 38.0 Å². The highest BCUT2D eigenvalue weighted by molar-refractivity contribution is 6.30. The highest BCUT2D eigenvalue weighted by atomic mass is 35.5. The van der Waals surface area contributed by atoms with E-state index in [9.17, 15) is 4.79 Å². The van der Waals surface area contributed by atoms with Gasteiger partial charge in [0.15, 0.2) is 6.54 Å². The predicted octanol–water partition coefficient (Wildman–Crippen LogP) is 0.453. The third kappa shape index (κ3) is 6.83. The fourth-order valence-electron chi connectivity index (χ4n) is 3.36. The zero-order valence-electron chi connectivity index (χ0n) is 15.6. The molecule has 1 aliphatic rings. The normalized spacial score (nSPS) is 19.9. The minimum Gasteiger partial charge on any atom is -0.347 e. The molecule has 1 aliphatic heterocycles. The van der Waals surface area contributed by atoms with Gasteiger partial charge in [0, 0.05) is 11.6 Å². The zero-order valence-corrected chi connectivity index (χ0v) is 16.3. The third-order valence-corrected chi connectivity index (χ3v) is 5.25. The van der Waals surface area contributed by atoms with Crippen LogP contribution in [-0.2, 0) is 11.3 Å². The average Bonchev–Trinajstić information content (AvgIpc) is 2.70. The predicted molar refractivity (Wildman–Crippen MR) is 110 cm³/mol. The first kappa shape index (κ1) is 19.6. The van der Waals surface area contributed by atoms with Crippen LogP contribution in [0.25, 0.3) is 6.08 Å².